The van der Waals surface area contributed by atoms with E-state index in [-0.39, 0.29) is 18.0 Å². The lowest BCUT2D eigenvalue weighted by molar-refractivity contribution is -0.137. The molecule has 8 heteroatoms. The lowest BCUT2D eigenvalue weighted by Crippen LogP contribution is -2.40. The summed E-state index contributed by atoms with van der Waals surface area (Å²) in [7, 11) is 0. The number of H-pyrrole nitrogens is 1. The molecule has 0 aliphatic carbocycles. The number of para-hydroxylation sites is 2. The van der Waals surface area contributed by atoms with E-state index in [9.17, 15) is 18.0 Å². The van der Waals surface area contributed by atoms with Gasteiger partial charge in [0, 0.05) is 6.54 Å². The summed E-state index contributed by atoms with van der Waals surface area (Å²) in [4.78, 5) is 20.1. The lowest BCUT2D eigenvalue weighted by Gasteiger charge is -2.20. The Bertz CT molecular complexity index is 931. The average Bonchev–Trinajstić information content (AvgIpc) is 3.09. The van der Waals surface area contributed by atoms with Crippen molar-refractivity contribution < 1.29 is 18.0 Å². The summed E-state index contributed by atoms with van der Waals surface area (Å²) in [5.74, 6) is 0.787. The average molecular weight is 404 g/mol. The molecule has 0 bridgehead atoms. The lowest BCUT2D eigenvalue weighted by atomic mass is 10.0. The fourth-order valence-electron chi connectivity index (χ4n) is 3.04. The Balaban J connectivity index is 1.55. The van der Waals surface area contributed by atoms with Crippen molar-refractivity contribution in [2.45, 2.75) is 32.5 Å². The molecule has 0 fully saturated rings. The maximum atomic E-state index is 12.6. The first-order valence-electron chi connectivity index (χ1n) is 9.39. The van der Waals surface area contributed by atoms with Crippen LogP contribution in [-0.4, -0.2) is 22.5 Å². The molecule has 0 spiro atoms. The van der Waals surface area contributed by atoms with E-state index in [1.54, 1.807) is 0 Å². The number of carbonyl (C=O) groups is 1. The van der Waals surface area contributed by atoms with Crippen molar-refractivity contribution in [1.29, 1.82) is 0 Å². The molecule has 0 aliphatic heterocycles. The highest BCUT2D eigenvalue weighted by atomic mass is 19.4. The smallest absolute Gasteiger partial charge is 0.340 e. The second-order valence-electron chi connectivity index (χ2n) is 7.21. The van der Waals surface area contributed by atoms with Gasteiger partial charge in [0.15, 0.2) is 0 Å². The van der Waals surface area contributed by atoms with Crippen LogP contribution in [0.25, 0.3) is 11.0 Å². The van der Waals surface area contributed by atoms with Gasteiger partial charge in [-0.25, -0.2) is 9.78 Å². The molecule has 3 rings (SSSR count). The zero-order valence-electron chi connectivity index (χ0n) is 16.2. The molecule has 0 aliphatic rings. The number of imidazole rings is 1. The van der Waals surface area contributed by atoms with Gasteiger partial charge in [-0.05, 0) is 42.2 Å². The Labute approximate surface area is 166 Å². The molecule has 2 aromatic carbocycles. The van der Waals surface area contributed by atoms with Crippen LogP contribution in [0.5, 0.6) is 0 Å². The summed E-state index contributed by atoms with van der Waals surface area (Å²) in [6, 6.07) is 11.9. The minimum atomic E-state index is -4.35. The Morgan fingerprint density at radius 1 is 1.10 bits per heavy atom. The molecule has 1 heterocycles. The third-order valence-electron chi connectivity index (χ3n) is 4.64. The molecular formula is C21H23F3N4O. The van der Waals surface area contributed by atoms with E-state index in [0.717, 1.165) is 28.7 Å². The molecule has 154 valence electrons. The Kier molecular flexibility index (Phi) is 6.10. The fraction of sp³-hybridized carbons (Fsp3) is 0.333. The number of aromatic amines is 1. The monoisotopic (exact) mass is 404 g/mol. The van der Waals surface area contributed by atoms with Crippen LogP contribution in [0.15, 0.2) is 48.5 Å². The highest BCUT2D eigenvalue weighted by Gasteiger charge is 2.29. The van der Waals surface area contributed by atoms with Gasteiger partial charge in [-0.2, -0.15) is 13.2 Å². The summed E-state index contributed by atoms with van der Waals surface area (Å²) < 4.78 is 37.8. The summed E-state index contributed by atoms with van der Waals surface area (Å²) in [5.41, 5.74) is 1.77. The SMILES string of the molecule is CC(C)C(NC(=O)NCCc1ccc(C(F)(F)F)cc1)c1nc2ccccc2[nH]1. The number of urea groups is 1. The first-order valence-corrected chi connectivity index (χ1v) is 9.39. The number of hydrogen-bond acceptors (Lipinski definition) is 2. The van der Waals surface area contributed by atoms with Gasteiger partial charge < -0.3 is 15.6 Å². The molecule has 1 unspecified atom stereocenters. The second kappa shape index (κ2) is 8.55. The van der Waals surface area contributed by atoms with Gasteiger partial charge >= 0.3 is 12.2 Å². The van der Waals surface area contributed by atoms with Crippen LogP contribution in [0.2, 0.25) is 0 Å². The molecular weight excluding hydrogens is 381 g/mol. The number of amides is 2. The van der Waals surface area contributed by atoms with Crippen LogP contribution < -0.4 is 10.6 Å². The zero-order chi connectivity index (χ0) is 21.0. The maximum Gasteiger partial charge on any atom is 0.416 e. The quantitative estimate of drug-likeness (QED) is 0.551. The molecule has 3 N–H and O–H groups in total. The third kappa shape index (κ3) is 5.28. The minimum absolute atomic E-state index is 0.108. The largest absolute Gasteiger partial charge is 0.416 e. The third-order valence-corrected chi connectivity index (χ3v) is 4.64. The molecule has 5 nitrogen and oxygen atoms in total. The number of hydrogen-bond donors (Lipinski definition) is 3. The molecule has 2 amide bonds. The van der Waals surface area contributed by atoms with E-state index in [0.29, 0.717) is 18.8 Å². The van der Waals surface area contributed by atoms with Gasteiger partial charge in [0.25, 0.3) is 0 Å². The van der Waals surface area contributed by atoms with Crippen molar-refractivity contribution in [1.82, 2.24) is 20.6 Å². The van der Waals surface area contributed by atoms with Crippen molar-refractivity contribution >= 4 is 17.1 Å². The number of rotatable bonds is 6. The number of alkyl halides is 3. The molecule has 29 heavy (non-hydrogen) atoms. The molecule has 0 saturated carbocycles. The zero-order valence-corrected chi connectivity index (χ0v) is 16.2. The molecule has 0 radical (unpaired) electrons. The van der Waals surface area contributed by atoms with E-state index < -0.39 is 11.7 Å². The van der Waals surface area contributed by atoms with Crippen LogP contribution in [0, 0.1) is 5.92 Å². The summed E-state index contributed by atoms with van der Waals surface area (Å²) in [5, 5.41) is 5.67. The van der Waals surface area contributed by atoms with Crippen molar-refractivity contribution in [2.24, 2.45) is 5.92 Å². The van der Waals surface area contributed by atoms with E-state index >= 15 is 0 Å². The van der Waals surface area contributed by atoms with E-state index in [2.05, 4.69) is 20.6 Å². The topological polar surface area (TPSA) is 69.8 Å². The Morgan fingerprint density at radius 3 is 2.41 bits per heavy atom. The number of nitrogens with one attached hydrogen (secondary N) is 3. The van der Waals surface area contributed by atoms with Crippen LogP contribution >= 0.6 is 0 Å². The van der Waals surface area contributed by atoms with Gasteiger partial charge in [-0.15, -0.1) is 0 Å². The van der Waals surface area contributed by atoms with Crippen LogP contribution in [-0.2, 0) is 12.6 Å². The summed E-state index contributed by atoms with van der Waals surface area (Å²) in [6.07, 6.45) is -3.91. The van der Waals surface area contributed by atoms with Gasteiger partial charge in [0.1, 0.15) is 5.82 Å². The molecule has 3 aromatic rings. The predicted octanol–water partition coefficient (Wildman–Crippen LogP) is 4.82. The first kappa shape index (κ1) is 20.7. The number of halogens is 3. The predicted molar refractivity (Wildman–Crippen MR) is 105 cm³/mol. The molecule has 1 atom stereocenters. The second-order valence-corrected chi connectivity index (χ2v) is 7.21. The molecule has 1 aromatic heterocycles. The van der Waals surface area contributed by atoms with E-state index in [4.69, 9.17) is 0 Å². The van der Waals surface area contributed by atoms with Crippen LogP contribution in [0.4, 0.5) is 18.0 Å². The normalized spacial score (nSPS) is 12.9. The number of carbonyl (C=O) groups excluding carboxylic acids is 1. The first-order chi connectivity index (χ1) is 13.7. The van der Waals surface area contributed by atoms with Crippen molar-refractivity contribution in [3.05, 3.63) is 65.5 Å². The number of benzene rings is 2. The van der Waals surface area contributed by atoms with E-state index in [1.807, 2.05) is 38.1 Å². The highest BCUT2D eigenvalue weighted by molar-refractivity contribution is 5.76. The van der Waals surface area contributed by atoms with E-state index in [1.165, 1.54) is 12.1 Å². The Morgan fingerprint density at radius 2 is 1.79 bits per heavy atom. The van der Waals surface area contributed by atoms with Crippen LogP contribution in [0.3, 0.4) is 0 Å². The molecule has 0 saturated heterocycles. The van der Waals surface area contributed by atoms with Gasteiger partial charge in [-0.3, -0.25) is 0 Å². The maximum absolute atomic E-state index is 12.6. The number of fused-ring (bicyclic) bond motifs is 1. The standard InChI is InChI=1S/C21H23F3N4O/c1-13(2)18(19-26-16-5-3-4-6-17(16)27-19)28-20(29)25-12-11-14-7-9-15(10-8-14)21(22,23)24/h3-10,13,18H,11-12H2,1-2H3,(H,26,27)(H2,25,28,29). The number of aromatic nitrogens is 2. The van der Waals surface area contributed by atoms with Gasteiger partial charge in [0.2, 0.25) is 0 Å². The van der Waals surface area contributed by atoms with Gasteiger partial charge in [0.05, 0.1) is 22.6 Å². The fourth-order valence-corrected chi connectivity index (χ4v) is 3.04. The van der Waals surface area contributed by atoms with Gasteiger partial charge in [-0.1, -0.05) is 38.1 Å². The highest BCUT2D eigenvalue weighted by Crippen LogP contribution is 2.29. The number of nitrogens with zero attached hydrogens (tertiary/aromatic N) is 1. The van der Waals surface area contributed by atoms with Crippen LogP contribution in [0.1, 0.15) is 36.8 Å². The minimum Gasteiger partial charge on any atom is -0.340 e. The van der Waals surface area contributed by atoms with Crippen molar-refractivity contribution in [3.8, 4) is 0 Å². The summed E-state index contributed by atoms with van der Waals surface area (Å²) in [6.45, 7) is 4.28. The summed E-state index contributed by atoms with van der Waals surface area (Å²) >= 11 is 0. The Hall–Kier alpha value is -3.03. The van der Waals surface area contributed by atoms with Crippen molar-refractivity contribution in [3.63, 3.8) is 0 Å². The van der Waals surface area contributed by atoms with Crippen molar-refractivity contribution in [2.75, 3.05) is 6.54 Å².